The lowest BCUT2D eigenvalue weighted by Gasteiger charge is -2.35. The summed E-state index contributed by atoms with van der Waals surface area (Å²) in [5.74, 6) is -1.33. The van der Waals surface area contributed by atoms with Crippen molar-refractivity contribution in [2.75, 3.05) is 6.54 Å². The number of carbonyl (C=O) groups is 2. The fourth-order valence-electron chi connectivity index (χ4n) is 3.42. The van der Waals surface area contributed by atoms with Gasteiger partial charge >= 0.3 is 5.97 Å². The Morgan fingerprint density at radius 2 is 2.00 bits per heavy atom. The number of hydrogen-bond donors (Lipinski definition) is 2. The van der Waals surface area contributed by atoms with Crippen molar-refractivity contribution >= 4 is 11.9 Å². The number of carboxylic acids is 1. The lowest BCUT2D eigenvalue weighted by molar-refractivity contribution is -0.144. The summed E-state index contributed by atoms with van der Waals surface area (Å²) in [6.07, 6.45) is 0.821. The van der Waals surface area contributed by atoms with Gasteiger partial charge in [-0.3, -0.25) is 14.5 Å². The van der Waals surface area contributed by atoms with Crippen LogP contribution in [0.4, 0.5) is 0 Å². The molecule has 1 unspecified atom stereocenters. The number of aryl methyl sites for hydroxylation is 1. The second kappa shape index (κ2) is 6.45. The van der Waals surface area contributed by atoms with Gasteiger partial charge in [0, 0.05) is 18.7 Å². The smallest absolute Gasteiger partial charge is 0.325 e. The maximum atomic E-state index is 11.9. The molecule has 2 aromatic carbocycles. The normalized spacial score (nSPS) is 17.3. The van der Waals surface area contributed by atoms with Crippen LogP contribution in [-0.2, 0) is 17.8 Å². The molecular formula is C19H20N2O3. The van der Waals surface area contributed by atoms with E-state index in [-0.39, 0.29) is 0 Å². The highest BCUT2D eigenvalue weighted by Gasteiger charge is 2.33. The average Bonchev–Trinajstić information content (AvgIpc) is 2.54. The number of carboxylic acid groups (broad SMARTS) is 1. The molecule has 1 aliphatic rings. The minimum Gasteiger partial charge on any atom is -0.480 e. The fraction of sp³-hybridized carbons (Fsp3) is 0.263. The van der Waals surface area contributed by atoms with Crippen molar-refractivity contribution in [3.8, 4) is 0 Å². The number of benzene rings is 2. The standard InChI is InChI=1S/C19H20N2O3/c1-12-4-2-7-16-15(12)8-9-21(17(16)19(23)24)11-13-5-3-6-14(10-13)18(20)22/h2-7,10,17H,8-9,11H2,1H3,(H2,20,22)(H,23,24). The monoisotopic (exact) mass is 324 g/mol. The van der Waals surface area contributed by atoms with Gasteiger partial charge in [-0.25, -0.2) is 0 Å². The van der Waals surface area contributed by atoms with Gasteiger partial charge in [-0.2, -0.15) is 0 Å². The summed E-state index contributed by atoms with van der Waals surface area (Å²) >= 11 is 0. The van der Waals surface area contributed by atoms with Crippen LogP contribution in [0.1, 0.15) is 38.7 Å². The number of fused-ring (bicyclic) bond motifs is 1. The number of rotatable bonds is 4. The second-order valence-corrected chi connectivity index (χ2v) is 6.17. The van der Waals surface area contributed by atoms with E-state index in [2.05, 4.69) is 0 Å². The van der Waals surface area contributed by atoms with E-state index in [1.54, 1.807) is 18.2 Å². The Kier molecular flexibility index (Phi) is 4.36. The Hall–Kier alpha value is -2.66. The molecule has 5 nitrogen and oxygen atoms in total. The van der Waals surface area contributed by atoms with E-state index in [4.69, 9.17) is 5.73 Å². The van der Waals surface area contributed by atoms with Crippen LogP contribution < -0.4 is 5.73 Å². The zero-order valence-electron chi connectivity index (χ0n) is 13.5. The number of hydrogen-bond acceptors (Lipinski definition) is 3. The van der Waals surface area contributed by atoms with Crippen molar-refractivity contribution in [1.82, 2.24) is 4.90 Å². The van der Waals surface area contributed by atoms with Crippen molar-refractivity contribution in [3.63, 3.8) is 0 Å². The number of amides is 1. The molecule has 0 saturated heterocycles. The molecule has 24 heavy (non-hydrogen) atoms. The molecule has 1 heterocycles. The van der Waals surface area contributed by atoms with Crippen LogP contribution in [0.15, 0.2) is 42.5 Å². The third-order valence-electron chi connectivity index (χ3n) is 4.59. The third-order valence-corrected chi connectivity index (χ3v) is 4.59. The third kappa shape index (κ3) is 3.03. The van der Waals surface area contributed by atoms with E-state index in [1.807, 2.05) is 36.1 Å². The number of carbonyl (C=O) groups excluding carboxylic acids is 1. The van der Waals surface area contributed by atoms with Crippen LogP contribution >= 0.6 is 0 Å². The molecule has 0 fully saturated rings. The SMILES string of the molecule is Cc1cccc2c1CCN(Cc1cccc(C(N)=O)c1)C2C(=O)O. The first kappa shape index (κ1) is 16.2. The van der Waals surface area contributed by atoms with Gasteiger partial charge in [-0.1, -0.05) is 30.3 Å². The van der Waals surface area contributed by atoms with Gasteiger partial charge in [0.15, 0.2) is 0 Å². The topological polar surface area (TPSA) is 83.6 Å². The Bertz CT molecular complexity index is 801. The molecule has 124 valence electrons. The minimum atomic E-state index is -0.854. The van der Waals surface area contributed by atoms with Crippen molar-refractivity contribution in [3.05, 3.63) is 70.3 Å². The van der Waals surface area contributed by atoms with Crippen LogP contribution in [0.2, 0.25) is 0 Å². The minimum absolute atomic E-state index is 0.438. The van der Waals surface area contributed by atoms with Crippen molar-refractivity contribution < 1.29 is 14.7 Å². The predicted octanol–water partition coefficient (Wildman–Crippen LogP) is 2.28. The molecule has 0 aromatic heterocycles. The van der Waals surface area contributed by atoms with Gasteiger partial charge in [0.2, 0.25) is 5.91 Å². The average molecular weight is 324 g/mol. The van der Waals surface area contributed by atoms with Crippen molar-refractivity contribution in [2.45, 2.75) is 25.9 Å². The van der Waals surface area contributed by atoms with Gasteiger partial charge in [0.1, 0.15) is 6.04 Å². The van der Waals surface area contributed by atoms with E-state index in [9.17, 15) is 14.7 Å². The van der Waals surface area contributed by atoms with Gasteiger partial charge in [0.05, 0.1) is 0 Å². The summed E-state index contributed by atoms with van der Waals surface area (Å²) in [7, 11) is 0. The fourth-order valence-corrected chi connectivity index (χ4v) is 3.42. The molecule has 2 aromatic rings. The second-order valence-electron chi connectivity index (χ2n) is 6.17. The number of primary amides is 1. The van der Waals surface area contributed by atoms with Crippen LogP contribution in [0.3, 0.4) is 0 Å². The van der Waals surface area contributed by atoms with E-state index < -0.39 is 17.9 Å². The summed E-state index contributed by atoms with van der Waals surface area (Å²) in [5.41, 5.74) is 9.77. The summed E-state index contributed by atoms with van der Waals surface area (Å²) in [6, 6.07) is 12.2. The first-order chi connectivity index (χ1) is 11.5. The van der Waals surface area contributed by atoms with Crippen LogP contribution in [-0.4, -0.2) is 28.4 Å². The lowest BCUT2D eigenvalue weighted by Crippen LogP contribution is -2.39. The number of nitrogens with zero attached hydrogens (tertiary/aromatic N) is 1. The van der Waals surface area contributed by atoms with Crippen molar-refractivity contribution in [2.24, 2.45) is 5.73 Å². The highest BCUT2D eigenvalue weighted by Crippen LogP contribution is 2.32. The molecule has 0 aliphatic carbocycles. The largest absolute Gasteiger partial charge is 0.480 e. The summed E-state index contributed by atoms with van der Waals surface area (Å²) in [5, 5.41) is 9.75. The van der Waals surface area contributed by atoms with E-state index >= 15 is 0 Å². The predicted molar refractivity (Wildman–Crippen MR) is 90.6 cm³/mol. The maximum Gasteiger partial charge on any atom is 0.325 e. The molecule has 3 rings (SSSR count). The van der Waals surface area contributed by atoms with Crippen LogP contribution in [0.25, 0.3) is 0 Å². The van der Waals surface area contributed by atoms with Crippen molar-refractivity contribution in [1.29, 1.82) is 0 Å². The zero-order chi connectivity index (χ0) is 17.3. The highest BCUT2D eigenvalue weighted by atomic mass is 16.4. The first-order valence-corrected chi connectivity index (χ1v) is 7.91. The van der Waals surface area contributed by atoms with Gasteiger partial charge in [0.25, 0.3) is 0 Å². The Balaban J connectivity index is 1.92. The summed E-state index contributed by atoms with van der Waals surface area (Å²) in [6.45, 7) is 3.14. The summed E-state index contributed by atoms with van der Waals surface area (Å²) < 4.78 is 0. The molecule has 0 radical (unpaired) electrons. The molecule has 5 heteroatoms. The quantitative estimate of drug-likeness (QED) is 0.904. The molecule has 0 spiro atoms. The van der Waals surface area contributed by atoms with Gasteiger partial charge < -0.3 is 10.8 Å². The Morgan fingerprint density at radius 1 is 1.25 bits per heavy atom. The zero-order valence-corrected chi connectivity index (χ0v) is 13.5. The molecule has 3 N–H and O–H groups in total. The molecule has 1 atom stereocenters. The van der Waals surface area contributed by atoms with Gasteiger partial charge in [-0.05, 0) is 47.7 Å². The highest BCUT2D eigenvalue weighted by molar-refractivity contribution is 5.92. The lowest BCUT2D eigenvalue weighted by atomic mass is 9.89. The molecule has 0 bridgehead atoms. The van der Waals surface area contributed by atoms with E-state index in [0.29, 0.717) is 18.7 Å². The van der Waals surface area contributed by atoms with Gasteiger partial charge in [-0.15, -0.1) is 0 Å². The van der Waals surface area contributed by atoms with Crippen LogP contribution in [0.5, 0.6) is 0 Å². The molecular weight excluding hydrogens is 304 g/mol. The molecule has 1 amide bonds. The Labute approximate surface area is 140 Å². The van der Waals surface area contributed by atoms with Crippen LogP contribution in [0, 0.1) is 6.92 Å². The Morgan fingerprint density at radius 3 is 2.71 bits per heavy atom. The first-order valence-electron chi connectivity index (χ1n) is 7.91. The number of nitrogens with two attached hydrogens (primary N) is 1. The van der Waals surface area contributed by atoms with E-state index in [1.165, 1.54) is 0 Å². The maximum absolute atomic E-state index is 11.9. The van der Waals surface area contributed by atoms with E-state index in [0.717, 1.165) is 28.7 Å². The number of aliphatic carboxylic acids is 1. The summed E-state index contributed by atoms with van der Waals surface area (Å²) in [4.78, 5) is 25.2. The molecule has 0 saturated carbocycles. The molecule has 1 aliphatic heterocycles.